The van der Waals surface area contributed by atoms with Gasteiger partial charge in [-0.2, -0.15) is 0 Å². The molecule has 0 atom stereocenters. The predicted molar refractivity (Wildman–Crippen MR) is 104 cm³/mol. The quantitative estimate of drug-likeness (QED) is 0.641. The van der Waals surface area contributed by atoms with Crippen molar-refractivity contribution in [2.75, 3.05) is 5.32 Å². The summed E-state index contributed by atoms with van der Waals surface area (Å²) in [7, 11) is 0. The Balaban J connectivity index is 2.05. The molecule has 0 aliphatic rings. The number of hydrogen-bond acceptors (Lipinski definition) is 3. The van der Waals surface area contributed by atoms with Crippen molar-refractivity contribution in [1.29, 1.82) is 0 Å². The largest absolute Gasteiger partial charge is 0.350 e. The highest BCUT2D eigenvalue weighted by atomic mass is 35.5. The molecule has 0 aliphatic heterocycles. The van der Waals surface area contributed by atoms with E-state index in [1.165, 1.54) is 0 Å². The Morgan fingerprint density at radius 1 is 1.08 bits per heavy atom. The van der Waals surface area contributed by atoms with E-state index < -0.39 is 0 Å². The van der Waals surface area contributed by atoms with Crippen LogP contribution in [0, 0.1) is 0 Å². The summed E-state index contributed by atoms with van der Waals surface area (Å²) in [4.78, 5) is 17.1. The molecule has 0 unspecified atom stereocenters. The van der Waals surface area contributed by atoms with Gasteiger partial charge in [-0.05, 0) is 44.2 Å². The molecule has 0 saturated carbocycles. The Kier molecular flexibility index (Phi) is 5.11. The number of carbonyl (C=O) groups excluding carboxylic acids is 1. The van der Waals surface area contributed by atoms with Crippen LogP contribution in [-0.4, -0.2) is 16.9 Å². The Hall–Kier alpha value is -2.30. The second-order valence-corrected chi connectivity index (χ2v) is 6.79. The fourth-order valence-electron chi connectivity index (χ4n) is 2.50. The molecule has 4 nitrogen and oxygen atoms in total. The molecule has 1 heterocycles. The number of anilines is 2. The zero-order valence-corrected chi connectivity index (χ0v) is 15.3. The van der Waals surface area contributed by atoms with Gasteiger partial charge in [0.2, 0.25) is 0 Å². The van der Waals surface area contributed by atoms with Crippen LogP contribution in [0.5, 0.6) is 0 Å². The molecule has 3 rings (SSSR count). The topological polar surface area (TPSA) is 54.0 Å². The molecule has 1 amide bonds. The number of rotatable bonds is 4. The van der Waals surface area contributed by atoms with Crippen LogP contribution in [0.15, 0.2) is 48.5 Å². The van der Waals surface area contributed by atoms with Crippen LogP contribution in [0.1, 0.15) is 24.2 Å². The third kappa shape index (κ3) is 4.03. The number of para-hydroxylation sites is 1. The van der Waals surface area contributed by atoms with Gasteiger partial charge in [-0.1, -0.05) is 41.4 Å². The standard InChI is InChI=1S/C19H17Cl2N3O/c1-11(2)22-19(25)14-10-18(23-16-6-4-3-5-13(14)16)24-17-8-7-12(20)9-15(17)21/h3-11H,1-2H3,(H,22,25)(H,23,24). The molecule has 25 heavy (non-hydrogen) atoms. The molecule has 1 aromatic heterocycles. The summed E-state index contributed by atoms with van der Waals surface area (Å²) in [6, 6.07) is 14.5. The molecule has 0 bridgehead atoms. The molecule has 0 aliphatic carbocycles. The molecule has 3 aromatic rings. The van der Waals surface area contributed by atoms with E-state index in [0.717, 1.165) is 10.9 Å². The second-order valence-electron chi connectivity index (χ2n) is 5.95. The van der Waals surface area contributed by atoms with Gasteiger partial charge in [-0.25, -0.2) is 4.98 Å². The molecule has 0 radical (unpaired) electrons. The van der Waals surface area contributed by atoms with Crippen LogP contribution in [0.3, 0.4) is 0 Å². The third-order valence-electron chi connectivity index (χ3n) is 3.57. The van der Waals surface area contributed by atoms with Gasteiger partial charge < -0.3 is 10.6 Å². The Labute approximate surface area is 156 Å². The average Bonchev–Trinajstić information content (AvgIpc) is 2.56. The number of nitrogens with zero attached hydrogens (tertiary/aromatic N) is 1. The highest BCUT2D eigenvalue weighted by molar-refractivity contribution is 6.36. The monoisotopic (exact) mass is 373 g/mol. The molecule has 2 N–H and O–H groups in total. The Bertz CT molecular complexity index is 941. The molecular weight excluding hydrogens is 357 g/mol. The van der Waals surface area contributed by atoms with Crippen molar-refractivity contribution in [2.24, 2.45) is 0 Å². The molecule has 6 heteroatoms. The maximum absolute atomic E-state index is 12.6. The minimum atomic E-state index is -0.140. The lowest BCUT2D eigenvalue weighted by Crippen LogP contribution is -2.30. The van der Waals surface area contributed by atoms with Gasteiger partial charge in [-0.15, -0.1) is 0 Å². The molecule has 128 valence electrons. The summed E-state index contributed by atoms with van der Waals surface area (Å²) in [5.74, 6) is 0.399. The van der Waals surface area contributed by atoms with Crippen LogP contribution < -0.4 is 10.6 Å². The first-order valence-electron chi connectivity index (χ1n) is 7.87. The molecule has 0 saturated heterocycles. The van der Waals surface area contributed by atoms with Crippen molar-refractivity contribution >= 4 is 51.5 Å². The van der Waals surface area contributed by atoms with Crippen molar-refractivity contribution in [3.05, 3.63) is 64.1 Å². The van der Waals surface area contributed by atoms with Crippen molar-refractivity contribution in [3.63, 3.8) is 0 Å². The first-order valence-corrected chi connectivity index (χ1v) is 8.62. The van der Waals surface area contributed by atoms with Gasteiger partial charge in [0.1, 0.15) is 5.82 Å². The normalized spacial score (nSPS) is 10.9. The number of nitrogens with one attached hydrogen (secondary N) is 2. The lowest BCUT2D eigenvalue weighted by Gasteiger charge is -2.14. The molecule has 2 aromatic carbocycles. The summed E-state index contributed by atoms with van der Waals surface area (Å²) >= 11 is 12.1. The van der Waals surface area contributed by atoms with Crippen molar-refractivity contribution < 1.29 is 4.79 Å². The number of halogens is 2. The van der Waals surface area contributed by atoms with Gasteiger partial charge in [-0.3, -0.25) is 4.79 Å². The van der Waals surface area contributed by atoms with Crippen LogP contribution >= 0.6 is 23.2 Å². The van der Waals surface area contributed by atoms with E-state index in [1.54, 1.807) is 24.3 Å². The van der Waals surface area contributed by atoms with Crippen molar-refractivity contribution in [1.82, 2.24) is 10.3 Å². The first-order chi connectivity index (χ1) is 11.9. The Morgan fingerprint density at radius 3 is 2.56 bits per heavy atom. The molecule has 0 fully saturated rings. The molecular formula is C19H17Cl2N3O. The van der Waals surface area contributed by atoms with E-state index in [9.17, 15) is 4.79 Å². The number of pyridine rings is 1. The van der Waals surface area contributed by atoms with Gasteiger partial charge in [0, 0.05) is 16.5 Å². The van der Waals surface area contributed by atoms with Crippen LogP contribution in [-0.2, 0) is 0 Å². The fourth-order valence-corrected chi connectivity index (χ4v) is 2.95. The predicted octanol–water partition coefficient (Wildman–Crippen LogP) is 5.42. The first kappa shape index (κ1) is 17.5. The smallest absolute Gasteiger partial charge is 0.252 e. The number of fused-ring (bicyclic) bond motifs is 1. The van der Waals surface area contributed by atoms with Crippen LogP contribution in [0.25, 0.3) is 10.9 Å². The van der Waals surface area contributed by atoms with E-state index in [4.69, 9.17) is 23.2 Å². The number of carbonyl (C=O) groups is 1. The third-order valence-corrected chi connectivity index (χ3v) is 4.12. The second kappa shape index (κ2) is 7.30. The zero-order chi connectivity index (χ0) is 18.0. The minimum Gasteiger partial charge on any atom is -0.350 e. The zero-order valence-electron chi connectivity index (χ0n) is 13.8. The van der Waals surface area contributed by atoms with Crippen molar-refractivity contribution in [3.8, 4) is 0 Å². The summed E-state index contributed by atoms with van der Waals surface area (Å²) in [6.45, 7) is 3.85. The van der Waals surface area contributed by atoms with Gasteiger partial charge in [0.15, 0.2) is 0 Å². The van der Waals surface area contributed by atoms with Crippen molar-refractivity contribution in [2.45, 2.75) is 19.9 Å². The van der Waals surface area contributed by atoms with E-state index in [1.807, 2.05) is 38.1 Å². The molecule has 0 spiro atoms. The lowest BCUT2D eigenvalue weighted by molar-refractivity contribution is 0.0945. The van der Waals surface area contributed by atoms with Crippen LogP contribution in [0.4, 0.5) is 11.5 Å². The van der Waals surface area contributed by atoms with Crippen LogP contribution in [0.2, 0.25) is 10.0 Å². The summed E-state index contributed by atoms with van der Waals surface area (Å²) in [5, 5.41) is 7.92. The Morgan fingerprint density at radius 2 is 1.84 bits per heavy atom. The van der Waals surface area contributed by atoms with E-state index >= 15 is 0 Å². The number of hydrogen-bond donors (Lipinski definition) is 2. The average molecular weight is 374 g/mol. The lowest BCUT2D eigenvalue weighted by atomic mass is 10.1. The fraction of sp³-hybridized carbons (Fsp3) is 0.158. The number of aromatic nitrogens is 1. The van der Waals surface area contributed by atoms with E-state index in [0.29, 0.717) is 27.1 Å². The number of amides is 1. The SMILES string of the molecule is CC(C)NC(=O)c1cc(Nc2ccc(Cl)cc2Cl)nc2ccccc12. The van der Waals surface area contributed by atoms with Gasteiger partial charge in [0.25, 0.3) is 5.91 Å². The van der Waals surface area contributed by atoms with Gasteiger partial charge >= 0.3 is 0 Å². The highest BCUT2D eigenvalue weighted by Crippen LogP contribution is 2.29. The summed E-state index contributed by atoms with van der Waals surface area (Å²) in [5.41, 5.74) is 1.96. The highest BCUT2D eigenvalue weighted by Gasteiger charge is 2.14. The van der Waals surface area contributed by atoms with Gasteiger partial charge in [0.05, 0.1) is 21.8 Å². The van der Waals surface area contributed by atoms with E-state index in [2.05, 4.69) is 15.6 Å². The maximum Gasteiger partial charge on any atom is 0.252 e. The van der Waals surface area contributed by atoms with E-state index in [-0.39, 0.29) is 11.9 Å². The summed E-state index contributed by atoms with van der Waals surface area (Å²) in [6.07, 6.45) is 0. The maximum atomic E-state index is 12.6. The summed E-state index contributed by atoms with van der Waals surface area (Å²) < 4.78 is 0. The number of benzene rings is 2. The minimum absolute atomic E-state index is 0.0431.